The Morgan fingerprint density at radius 3 is 2.53 bits per heavy atom. The summed E-state index contributed by atoms with van der Waals surface area (Å²) in [5.41, 5.74) is 1.29. The first-order valence-corrected chi connectivity index (χ1v) is 5.54. The van der Waals surface area contributed by atoms with Crippen molar-refractivity contribution in [3.8, 4) is 6.07 Å². The van der Waals surface area contributed by atoms with Gasteiger partial charge in [-0.3, -0.25) is 0 Å². The van der Waals surface area contributed by atoms with E-state index >= 15 is 0 Å². The van der Waals surface area contributed by atoms with Crippen molar-refractivity contribution in [3.05, 3.63) is 35.1 Å². The predicted octanol–water partition coefficient (Wildman–Crippen LogP) is 1.69. The van der Waals surface area contributed by atoms with Gasteiger partial charge < -0.3 is 9.80 Å². The summed E-state index contributed by atoms with van der Waals surface area (Å²) in [5, 5.41) is 8.94. The van der Waals surface area contributed by atoms with E-state index in [1.165, 1.54) is 18.2 Å². The number of hydrogen-bond donors (Lipinski definition) is 0. The Morgan fingerprint density at radius 2 is 1.94 bits per heavy atom. The molecule has 0 aliphatic heterocycles. The molecule has 0 unspecified atom stereocenters. The average Bonchev–Trinajstić information content (AvgIpc) is 2.27. The van der Waals surface area contributed by atoms with Gasteiger partial charge in [-0.15, -0.1) is 0 Å². The molecule has 0 atom stereocenters. The molecule has 1 aromatic carbocycles. The number of nitriles is 1. The first-order valence-electron chi connectivity index (χ1n) is 5.54. The van der Waals surface area contributed by atoms with Gasteiger partial charge in [-0.25, -0.2) is 4.39 Å². The number of likely N-dealkylation sites (N-methyl/N-ethyl adjacent to an activating group) is 2. The van der Waals surface area contributed by atoms with E-state index in [9.17, 15) is 4.39 Å². The van der Waals surface area contributed by atoms with E-state index in [-0.39, 0.29) is 5.82 Å². The molecule has 0 aromatic heterocycles. The molecule has 0 aliphatic rings. The van der Waals surface area contributed by atoms with Crippen LogP contribution in [0.15, 0.2) is 18.2 Å². The molecule has 0 aliphatic carbocycles. The van der Waals surface area contributed by atoms with Gasteiger partial charge in [0.15, 0.2) is 0 Å². The van der Waals surface area contributed by atoms with Gasteiger partial charge in [0.2, 0.25) is 0 Å². The Kier molecular flexibility index (Phi) is 5.08. The van der Waals surface area contributed by atoms with Crippen LogP contribution in [0.1, 0.15) is 11.1 Å². The molecule has 4 heteroatoms. The van der Waals surface area contributed by atoms with E-state index in [0.717, 1.165) is 18.7 Å². The summed E-state index contributed by atoms with van der Waals surface area (Å²) in [6, 6.07) is 6.38. The maximum Gasteiger partial charge on any atom is 0.123 e. The van der Waals surface area contributed by atoms with Gasteiger partial charge in [-0.2, -0.15) is 5.26 Å². The summed E-state index contributed by atoms with van der Waals surface area (Å²) in [4.78, 5) is 4.17. The fourth-order valence-electron chi connectivity index (χ4n) is 1.54. The molecule has 92 valence electrons. The molecule has 1 rings (SSSR count). The number of benzene rings is 1. The third-order valence-electron chi connectivity index (χ3n) is 2.56. The second-order valence-electron chi connectivity index (χ2n) is 4.45. The Balaban J connectivity index is 2.67. The lowest BCUT2D eigenvalue weighted by Crippen LogP contribution is -2.28. The maximum atomic E-state index is 13.1. The van der Waals surface area contributed by atoms with E-state index in [0.29, 0.717) is 12.1 Å². The van der Waals surface area contributed by atoms with E-state index in [2.05, 4.69) is 15.9 Å². The van der Waals surface area contributed by atoms with Crippen LogP contribution in [0.25, 0.3) is 0 Å². The normalized spacial score (nSPS) is 10.9. The van der Waals surface area contributed by atoms with Crippen molar-refractivity contribution in [3.63, 3.8) is 0 Å². The zero-order valence-corrected chi connectivity index (χ0v) is 10.6. The maximum absolute atomic E-state index is 13.1. The second kappa shape index (κ2) is 6.33. The molecule has 0 saturated carbocycles. The van der Waals surface area contributed by atoms with E-state index in [1.54, 1.807) is 0 Å². The average molecular weight is 235 g/mol. The molecule has 0 bridgehead atoms. The molecule has 0 amide bonds. The third-order valence-corrected chi connectivity index (χ3v) is 2.56. The first kappa shape index (κ1) is 13.6. The molecular formula is C13H18FN3. The zero-order valence-electron chi connectivity index (χ0n) is 10.6. The zero-order chi connectivity index (χ0) is 12.8. The van der Waals surface area contributed by atoms with Crippen molar-refractivity contribution in [1.29, 1.82) is 5.26 Å². The SMILES string of the molecule is CN(C)CCN(C)Cc1cc(F)ccc1C#N. The van der Waals surface area contributed by atoms with Crippen molar-refractivity contribution in [1.82, 2.24) is 9.80 Å². The van der Waals surface area contributed by atoms with Gasteiger partial charge in [0.25, 0.3) is 0 Å². The molecule has 1 aromatic rings. The molecule has 0 heterocycles. The fourth-order valence-corrected chi connectivity index (χ4v) is 1.54. The van der Waals surface area contributed by atoms with Crippen LogP contribution in [-0.2, 0) is 6.54 Å². The quantitative estimate of drug-likeness (QED) is 0.778. The number of hydrogen-bond acceptors (Lipinski definition) is 3. The van der Waals surface area contributed by atoms with Gasteiger partial charge in [0.05, 0.1) is 11.6 Å². The number of rotatable bonds is 5. The molecule has 0 fully saturated rings. The molecule has 3 nitrogen and oxygen atoms in total. The lowest BCUT2D eigenvalue weighted by molar-refractivity contribution is 0.276. The van der Waals surface area contributed by atoms with Gasteiger partial charge in [-0.1, -0.05) is 0 Å². The second-order valence-corrected chi connectivity index (χ2v) is 4.45. The van der Waals surface area contributed by atoms with E-state index in [4.69, 9.17) is 5.26 Å². The van der Waals surface area contributed by atoms with Crippen molar-refractivity contribution in [2.45, 2.75) is 6.54 Å². The van der Waals surface area contributed by atoms with Crippen molar-refractivity contribution >= 4 is 0 Å². The fraction of sp³-hybridized carbons (Fsp3) is 0.462. The minimum Gasteiger partial charge on any atom is -0.308 e. The lowest BCUT2D eigenvalue weighted by Gasteiger charge is -2.19. The highest BCUT2D eigenvalue weighted by atomic mass is 19.1. The van der Waals surface area contributed by atoms with Crippen LogP contribution in [0.3, 0.4) is 0 Å². The summed E-state index contributed by atoms with van der Waals surface area (Å²) in [6.07, 6.45) is 0. The summed E-state index contributed by atoms with van der Waals surface area (Å²) in [6.45, 7) is 2.41. The molecule has 0 N–H and O–H groups in total. The lowest BCUT2D eigenvalue weighted by atomic mass is 10.1. The largest absolute Gasteiger partial charge is 0.308 e. The minimum atomic E-state index is -0.292. The van der Waals surface area contributed by atoms with Gasteiger partial charge in [0.1, 0.15) is 5.82 Å². The van der Waals surface area contributed by atoms with Crippen LogP contribution in [0.5, 0.6) is 0 Å². The molecule has 0 spiro atoms. The highest BCUT2D eigenvalue weighted by molar-refractivity contribution is 5.37. The van der Waals surface area contributed by atoms with Crippen LogP contribution < -0.4 is 0 Å². The number of halogens is 1. The van der Waals surface area contributed by atoms with Crippen LogP contribution in [0, 0.1) is 17.1 Å². The minimum absolute atomic E-state index is 0.292. The standard InChI is InChI=1S/C13H18FN3/c1-16(2)6-7-17(3)10-12-8-13(14)5-4-11(12)9-15/h4-5,8H,6-7,10H2,1-3H3. The van der Waals surface area contributed by atoms with Crippen molar-refractivity contribution in [2.75, 3.05) is 34.2 Å². The molecular weight excluding hydrogens is 217 g/mol. The Bertz CT molecular complexity index is 410. The van der Waals surface area contributed by atoms with Crippen molar-refractivity contribution < 1.29 is 4.39 Å². The monoisotopic (exact) mass is 235 g/mol. The van der Waals surface area contributed by atoms with E-state index < -0.39 is 0 Å². The molecule has 17 heavy (non-hydrogen) atoms. The van der Waals surface area contributed by atoms with Crippen LogP contribution >= 0.6 is 0 Å². The summed E-state index contributed by atoms with van der Waals surface area (Å²) >= 11 is 0. The van der Waals surface area contributed by atoms with Crippen molar-refractivity contribution in [2.24, 2.45) is 0 Å². The summed E-state index contributed by atoms with van der Waals surface area (Å²) < 4.78 is 13.1. The van der Waals surface area contributed by atoms with E-state index in [1.807, 2.05) is 21.1 Å². The van der Waals surface area contributed by atoms with Gasteiger partial charge >= 0.3 is 0 Å². The Morgan fingerprint density at radius 1 is 1.24 bits per heavy atom. The topological polar surface area (TPSA) is 30.3 Å². The summed E-state index contributed by atoms with van der Waals surface area (Å²) in [7, 11) is 5.99. The predicted molar refractivity (Wildman–Crippen MR) is 66.0 cm³/mol. The Labute approximate surface area is 102 Å². The smallest absolute Gasteiger partial charge is 0.123 e. The highest BCUT2D eigenvalue weighted by Crippen LogP contribution is 2.12. The van der Waals surface area contributed by atoms with Crippen LogP contribution in [0.4, 0.5) is 4.39 Å². The Hall–Kier alpha value is -1.44. The third kappa shape index (κ3) is 4.51. The molecule has 0 radical (unpaired) electrons. The van der Waals surface area contributed by atoms with Crippen LogP contribution in [-0.4, -0.2) is 44.0 Å². The van der Waals surface area contributed by atoms with Gasteiger partial charge in [0, 0.05) is 19.6 Å². The van der Waals surface area contributed by atoms with Crippen LogP contribution in [0.2, 0.25) is 0 Å². The molecule has 0 saturated heterocycles. The summed E-state index contributed by atoms with van der Waals surface area (Å²) in [5.74, 6) is -0.292. The highest BCUT2D eigenvalue weighted by Gasteiger charge is 2.07. The number of nitrogens with zero attached hydrogens (tertiary/aromatic N) is 3. The van der Waals surface area contributed by atoms with Gasteiger partial charge in [-0.05, 0) is 44.9 Å². The first-order chi connectivity index (χ1) is 8.02.